The van der Waals surface area contributed by atoms with Crippen LogP contribution in [-0.2, 0) is 27.4 Å². The number of morpholine rings is 1. The highest BCUT2D eigenvalue weighted by Crippen LogP contribution is 2.29. The molecule has 0 saturated carbocycles. The zero-order valence-corrected chi connectivity index (χ0v) is 22.2. The van der Waals surface area contributed by atoms with E-state index in [1.54, 1.807) is 18.2 Å². The zero-order chi connectivity index (χ0) is 27.0. The van der Waals surface area contributed by atoms with Gasteiger partial charge in [-0.2, -0.15) is 0 Å². The fourth-order valence-electron chi connectivity index (χ4n) is 5.52. The first-order valence-corrected chi connectivity index (χ1v) is 13.8. The summed E-state index contributed by atoms with van der Waals surface area (Å²) >= 11 is 0. The van der Waals surface area contributed by atoms with Crippen LogP contribution in [0.3, 0.4) is 0 Å². The van der Waals surface area contributed by atoms with Crippen molar-refractivity contribution in [2.45, 2.75) is 25.9 Å². The van der Waals surface area contributed by atoms with Crippen molar-refractivity contribution in [3.63, 3.8) is 0 Å². The Kier molecular flexibility index (Phi) is 9.11. The third kappa shape index (κ3) is 7.16. The Bertz CT molecular complexity index is 1180. The Morgan fingerprint density at radius 2 is 1.92 bits per heavy atom. The highest BCUT2D eigenvalue weighted by atomic mass is 19.1. The molecule has 2 bridgehead atoms. The molecule has 208 valence electrons. The molecule has 3 heterocycles. The summed E-state index contributed by atoms with van der Waals surface area (Å²) in [5.74, 6) is 0.546. The van der Waals surface area contributed by atoms with Gasteiger partial charge < -0.3 is 29.9 Å². The van der Waals surface area contributed by atoms with E-state index >= 15 is 0 Å². The number of fused-ring (bicyclic) bond motifs is 3. The molecule has 0 spiro atoms. The van der Waals surface area contributed by atoms with Crippen molar-refractivity contribution in [2.24, 2.45) is 11.8 Å². The van der Waals surface area contributed by atoms with E-state index in [-0.39, 0.29) is 42.6 Å². The van der Waals surface area contributed by atoms with Crippen molar-refractivity contribution in [1.82, 2.24) is 15.5 Å². The molecule has 5 rings (SSSR count). The number of amides is 2. The lowest BCUT2D eigenvalue weighted by Gasteiger charge is -2.37. The van der Waals surface area contributed by atoms with Gasteiger partial charge in [0, 0.05) is 62.5 Å². The van der Waals surface area contributed by atoms with E-state index in [4.69, 9.17) is 9.47 Å². The lowest BCUT2D eigenvalue weighted by molar-refractivity contribution is -0.132. The number of piperidine rings is 1. The molecule has 3 aliphatic rings. The standard InChI is InChI=1S/C30H37FN4O4/c31-27-6-2-1-4-23(27)19-33-29(36)17-22-9-10-35-21-24(22)5-3-13-39-28-8-7-26(34-11-14-38-15-12-34)16-25(28)18-32-20-30(35)37/h1-8,16,22,24,32H,9-15,17-21H2,(H,33,36)/b5-3+/t22-,24-/m0/s1. The van der Waals surface area contributed by atoms with Crippen LogP contribution in [0.15, 0.2) is 54.6 Å². The average Bonchev–Trinajstić information content (AvgIpc) is 2.97. The minimum absolute atomic E-state index is 0.0365. The summed E-state index contributed by atoms with van der Waals surface area (Å²) in [5, 5.41) is 6.17. The molecule has 2 fully saturated rings. The summed E-state index contributed by atoms with van der Waals surface area (Å²) in [7, 11) is 0. The highest BCUT2D eigenvalue weighted by molar-refractivity contribution is 5.79. The molecule has 8 nitrogen and oxygen atoms in total. The number of hydrogen-bond acceptors (Lipinski definition) is 6. The van der Waals surface area contributed by atoms with E-state index in [0.29, 0.717) is 38.2 Å². The molecule has 2 saturated heterocycles. The third-order valence-electron chi connectivity index (χ3n) is 7.77. The van der Waals surface area contributed by atoms with E-state index in [0.717, 1.165) is 49.7 Å². The topological polar surface area (TPSA) is 83.1 Å². The highest BCUT2D eigenvalue weighted by Gasteiger charge is 2.31. The molecule has 0 unspecified atom stereocenters. The van der Waals surface area contributed by atoms with E-state index < -0.39 is 0 Å². The van der Waals surface area contributed by atoms with Gasteiger partial charge in [-0.1, -0.05) is 30.4 Å². The van der Waals surface area contributed by atoms with Crippen LogP contribution in [-0.4, -0.2) is 69.3 Å². The largest absolute Gasteiger partial charge is 0.489 e. The maximum absolute atomic E-state index is 13.9. The van der Waals surface area contributed by atoms with Crippen molar-refractivity contribution < 1.29 is 23.5 Å². The summed E-state index contributed by atoms with van der Waals surface area (Å²) in [5.41, 5.74) is 2.61. The summed E-state index contributed by atoms with van der Waals surface area (Å²) < 4.78 is 25.5. The van der Waals surface area contributed by atoms with Gasteiger partial charge in [0.1, 0.15) is 18.2 Å². The molecule has 2 N–H and O–H groups in total. The van der Waals surface area contributed by atoms with Gasteiger partial charge in [0.15, 0.2) is 0 Å². The lowest BCUT2D eigenvalue weighted by Crippen LogP contribution is -2.47. The van der Waals surface area contributed by atoms with E-state index in [1.807, 2.05) is 17.0 Å². The van der Waals surface area contributed by atoms with Gasteiger partial charge in [-0.25, -0.2) is 4.39 Å². The Labute approximate surface area is 229 Å². The number of benzene rings is 2. The lowest BCUT2D eigenvalue weighted by atomic mass is 9.82. The van der Waals surface area contributed by atoms with Gasteiger partial charge in [0.05, 0.1) is 19.8 Å². The SMILES string of the molecule is O=C(C[C@@H]1CCN2C[C@@H]1/C=C/COc1ccc(N3CCOCC3)cc1CNCC2=O)NCc1ccccc1F. The molecule has 39 heavy (non-hydrogen) atoms. The smallest absolute Gasteiger partial charge is 0.236 e. The minimum Gasteiger partial charge on any atom is -0.489 e. The van der Waals surface area contributed by atoms with Crippen molar-refractivity contribution in [1.29, 1.82) is 0 Å². The normalized spacial score (nSPS) is 22.9. The van der Waals surface area contributed by atoms with Crippen LogP contribution in [0.25, 0.3) is 0 Å². The van der Waals surface area contributed by atoms with Gasteiger partial charge in [0.25, 0.3) is 0 Å². The number of nitrogens with one attached hydrogen (secondary N) is 2. The molecule has 2 amide bonds. The quantitative estimate of drug-likeness (QED) is 0.572. The van der Waals surface area contributed by atoms with Gasteiger partial charge in [-0.3, -0.25) is 9.59 Å². The number of anilines is 1. The Morgan fingerprint density at radius 3 is 2.77 bits per heavy atom. The van der Waals surface area contributed by atoms with Crippen molar-refractivity contribution in [3.05, 3.63) is 71.6 Å². The molecule has 0 aliphatic carbocycles. The number of carbonyl (C=O) groups is 2. The Hall–Kier alpha value is -3.43. The van der Waals surface area contributed by atoms with Crippen LogP contribution in [0.4, 0.5) is 10.1 Å². The van der Waals surface area contributed by atoms with Crippen LogP contribution in [0, 0.1) is 17.7 Å². The number of rotatable bonds is 5. The van der Waals surface area contributed by atoms with Crippen LogP contribution >= 0.6 is 0 Å². The molecule has 2 aromatic carbocycles. The molecule has 0 radical (unpaired) electrons. The number of carbonyl (C=O) groups excluding carboxylic acids is 2. The van der Waals surface area contributed by atoms with E-state index in [1.165, 1.54) is 6.07 Å². The van der Waals surface area contributed by atoms with Crippen LogP contribution in [0.1, 0.15) is 24.0 Å². The number of ether oxygens (including phenoxy) is 2. The fraction of sp³-hybridized carbons (Fsp3) is 0.467. The average molecular weight is 537 g/mol. The Balaban J connectivity index is 1.24. The van der Waals surface area contributed by atoms with Crippen molar-refractivity contribution in [2.75, 3.05) is 57.4 Å². The number of nitrogens with zero attached hydrogens (tertiary/aromatic N) is 2. The molecule has 2 aromatic rings. The van der Waals surface area contributed by atoms with E-state index in [9.17, 15) is 14.0 Å². The van der Waals surface area contributed by atoms with Crippen LogP contribution in [0.2, 0.25) is 0 Å². The maximum atomic E-state index is 13.9. The number of hydrogen-bond donors (Lipinski definition) is 2. The van der Waals surface area contributed by atoms with E-state index in [2.05, 4.69) is 33.7 Å². The molecular weight excluding hydrogens is 499 g/mol. The molecule has 0 aromatic heterocycles. The zero-order valence-electron chi connectivity index (χ0n) is 22.2. The first kappa shape index (κ1) is 27.1. The summed E-state index contributed by atoms with van der Waals surface area (Å²) in [6.07, 6.45) is 5.14. The third-order valence-corrected chi connectivity index (χ3v) is 7.77. The Morgan fingerprint density at radius 1 is 1.08 bits per heavy atom. The first-order valence-electron chi connectivity index (χ1n) is 13.8. The monoisotopic (exact) mass is 536 g/mol. The second kappa shape index (κ2) is 13.1. The molecule has 3 aliphatic heterocycles. The van der Waals surface area contributed by atoms with Crippen molar-refractivity contribution >= 4 is 17.5 Å². The van der Waals surface area contributed by atoms with Gasteiger partial charge in [-0.05, 0) is 42.5 Å². The first-order chi connectivity index (χ1) is 19.1. The predicted molar refractivity (Wildman–Crippen MR) is 147 cm³/mol. The molecule has 2 atom stereocenters. The fourth-order valence-corrected chi connectivity index (χ4v) is 5.52. The van der Waals surface area contributed by atoms with Gasteiger partial charge >= 0.3 is 0 Å². The second-order valence-electron chi connectivity index (χ2n) is 10.4. The van der Waals surface area contributed by atoms with Crippen LogP contribution in [0.5, 0.6) is 5.75 Å². The van der Waals surface area contributed by atoms with Crippen LogP contribution < -0.4 is 20.3 Å². The molecular formula is C30H37FN4O4. The predicted octanol–water partition coefficient (Wildman–Crippen LogP) is 2.87. The number of halogens is 1. The van der Waals surface area contributed by atoms with Gasteiger partial charge in [0.2, 0.25) is 11.8 Å². The second-order valence-corrected chi connectivity index (χ2v) is 10.4. The summed E-state index contributed by atoms with van der Waals surface area (Å²) in [6, 6.07) is 12.7. The minimum atomic E-state index is -0.324. The molecule has 9 heteroatoms. The maximum Gasteiger partial charge on any atom is 0.236 e. The summed E-state index contributed by atoms with van der Waals surface area (Å²) in [4.78, 5) is 30.0. The van der Waals surface area contributed by atoms with Crippen molar-refractivity contribution in [3.8, 4) is 5.75 Å². The van der Waals surface area contributed by atoms with Gasteiger partial charge in [-0.15, -0.1) is 0 Å². The summed E-state index contributed by atoms with van der Waals surface area (Å²) in [6.45, 7) is 5.67.